The molecule has 0 saturated heterocycles. The maximum absolute atomic E-state index is 11.9. The van der Waals surface area contributed by atoms with Crippen LogP contribution in [0.4, 0.5) is 0 Å². The predicted octanol–water partition coefficient (Wildman–Crippen LogP) is 1.16. The van der Waals surface area contributed by atoms with Gasteiger partial charge < -0.3 is 11.1 Å². The van der Waals surface area contributed by atoms with E-state index in [1.807, 2.05) is 31.2 Å². The Bertz CT molecular complexity index is 416. The van der Waals surface area contributed by atoms with E-state index in [2.05, 4.69) is 10.3 Å². The second kappa shape index (κ2) is 5.10. The molecule has 4 heteroatoms. The summed E-state index contributed by atoms with van der Waals surface area (Å²) in [5.41, 5.74) is 6.73. The van der Waals surface area contributed by atoms with Crippen molar-refractivity contribution in [2.75, 3.05) is 0 Å². The SMILES string of the molecule is C[C@H](NC(=O)C1C=CC(N)C1)c1cccnc1. The molecule has 1 heterocycles. The number of amides is 1. The zero-order valence-corrected chi connectivity index (χ0v) is 9.84. The zero-order chi connectivity index (χ0) is 12.3. The summed E-state index contributed by atoms with van der Waals surface area (Å²) in [6.07, 6.45) is 7.96. The first-order valence-electron chi connectivity index (χ1n) is 5.81. The standard InChI is InChI=1S/C13H17N3O/c1-9(11-3-2-6-15-8-11)16-13(17)10-4-5-12(14)7-10/h2-6,8-10,12H,7,14H2,1H3,(H,16,17)/t9-,10?,12?/m0/s1. The van der Waals surface area contributed by atoms with Gasteiger partial charge in [-0.25, -0.2) is 0 Å². The minimum Gasteiger partial charge on any atom is -0.349 e. The van der Waals surface area contributed by atoms with Gasteiger partial charge in [-0.05, 0) is 25.0 Å². The van der Waals surface area contributed by atoms with Crippen LogP contribution in [0.5, 0.6) is 0 Å². The highest BCUT2D eigenvalue weighted by molar-refractivity contribution is 5.81. The van der Waals surface area contributed by atoms with Crippen LogP contribution in [0.25, 0.3) is 0 Å². The second-order valence-electron chi connectivity index (χ2n) is 4.41. The number of pyridine rings is 1. The van der Waals surface area contributed by atoms with Crippen molar-refractivity contribution in [3.05, 3.63) is 42.2 Å². The van der Waals surface area contributed by atoms with Gasteiger partial charge in [0.05, 0.1) is 12.0 Å². The summed E-state index contributed by atoms with van der Waals surface area (Å²) in [6, 6.07) is 3.80. The largest absolute Gasteiger partial charge is 0.349 e. The molecule has 3 atom stereocenters. The van der Waals surface area contributed by atoms with Gasteiger partial charge in [-0.3, -0.25) is 9.78 Å². The lowest BCUT2D eigenvalue weighted by Crippen LogP contribution is -2.32. The second-order valence-corrected chi connectivity index (χ2v) is 4.41. The Balaban J connectivity index is 1.93. The van der Waals surface area contributed by atoms with E-state index >= 15 is 0 Å². The minimum absolute atomic E-state index is 0.0134. The van der Waals surface area contributed by atoms with E-state index in [0.717, 1.165) is 5.56 Å². The molecule has 4 nitrogen and oxygen atoms in total. The number of hydrogen-bond acceptors (Lipinski definition) is 3. The molecule has 1 aliphatic rings. The highest BCUT2D eigenvalue weighted by Gasteiger charge is 2.23. The Kier molecular flexibility index (Phi) is 3.54. The molecule has 2 unspecified atom stereocenters. The van der Waals surface area contributed by atoms with Crippen molar-refractivity contribution < 1.29 is 4.79 Å². The number of carbonyl (C=O) groups is 1. The summed E-state index contributed by atoms with van der Waals surface area (Å²) in [4.78, 5) is 16.0. The molecule has 0 fully saturated rings. The highest BCUT2D eigenvalue weighted by atomic mass is 16.1. The van der Waals surface area contributed by atoms with Crippen molar-refractivity contribution in [1.82, 2.24) is 10.3 Å². The fourth-order valence-electron chi connectivity index (χ4n) is 1.96. The number of nitrogens with two attached hydrogens (primary N) is 1. The van der Waals surface area contributed by atoms with Crippen LogP contribution >= 0.6 is 0 Å². The average Bonchev–Trinajstić information content (AvgIpc) is 2.77. The molecule has 0 aromatic carbocycles. The third kappa shape index (κ3) is 2.91. The van der Waals surface area contributed by atoms with E-state index in [0.29, 0.717) is 6.42 Å². The number of rotatable bonds is 3. The van der Waals surface area contributed by atoms with Crippen LogP contribution in [0.1, 0.15) is 24.9 Å². The fourth-order valence-corrected chi connectivity index (χ4v) is 1.96. The van der Waals surface area contributed by atoms with Crippen molar-refractivity contribution in [2.24, 2.45) is 11.7 Å². The maximum atomic E-state index is 11.9. The summed E-state index contributed by atoms with van der Waals surface area (Å²) in [7, 11) is 0. The lowest BCUT2D eigenvalue weighted by Gasteiger charge is -2.16. The number of carbonyl (C=O) groups excluding carboxylic acids is 1. The van der Waals surface area contributed by atoms with Crippen molar-refractivity contribution >= 4 is 5.91 Å². The van der Waals surface area contributed by atoms with E-state index in [1.165, 1.54) is 0 Å². The molecule has 0 radical (unpaired) electrons. The normalized spacial score (nSPS) is 24.6. The van der Waals surface area contributed by atoms with Crippen LogP contribution in [-0.2, 0) is 4.79 Å². The molecular weight excluding hydrogens is 214 g/mol. The van der Waals surface area contributed by atoms with E-state index < -0.39 is 0 Å². The summed E-state index contributed by atoms with van der Waals surface area (Å²) in [6.45, 7) is 1.95. The van der Waals surface area contributed by atoms with Gasteiger partial charge in [-0.1, -0.05) is 18.2 Å². The van der Waals surface area contributed by atoms with Gasteiger partial charge in [0.2, 0.25) is 5.91 Å². The number of hydrogen-bond donors (Lipinski definition) is 2. The van der Waals surface area contributed by atoms with Gasteiger partial charge in [0.1, 0.15) is 0 Å². The van der Waals surface area contributed by atoms with Gasteiger partial charge in [0.15, 0.2) is 0 Å². The maximum Gasteiger partial charge on any atom is 0.227 e. The molecule has 1 aliphatic carbocycles. The molecule has 0 saturated carbocycles. The molecule has 1 aromatic rings. The Labute approximate surface area is 101 Å². The topological polar surface area (TPSA) is 68.0 Å². The van der Waals surface area contributed by atoms with Crippen molar-refractivity contribution in [1.29, 1.82) is 0 Å². The van der Waals surface area contributed by atoms with E-state index in [4.69, 9.17) is 5.73 Å². The van der Waals surface area contributed by atoms with Crippen LogP contribution in [0.15, 0.2) is 36.7 Å². The van der Waals surface area contributed by atoms with Crippen molar-refractivity contribution in [2.45, 2.75) is 25.4 Å². The molecule has 1 aromatic heterocycles. The highest BCUT2D eigenvalue weighted by Crippen LogP contribution is 2.18. The molecule has 0 bridgehead atoms. The first kappa shape index (κ1) is 11.8. The van der Waals surface area contributed by atoms with Gasteiger partial charge in [-0.15, -0.1) is 0 Å². The molecule has 2 rings (SSSR count). The first-order valence-corrected chi connectivity index (χ1v) is 5.81. The quantitative estimate of drug-likeness (QED) is 0.767. The lowest BCUT2D eigenvalue weighted by atomic mass is 10.1. The zero-order valence-electron chi connectivity index (χ0n) is 9.84. The third-order valence-corrected chi connectivity index (χ3v) is 3.00. The number of nitrogens with one attached hydrogen (secondary N) is 1. The summed E-state index contributed by atoms with van der Waals surface area (Å²) in [5, 5.41) is 2.97. The van der Waals surface area contributed by atoms with Gasteiger partial charge >= 0.3 is 0 Å². The van der Waals surface area contributed by atoms with Crippen LogP contribution < -0.4 is 11.1 Å². The predicted molar refractivity (Wildman–Crippen MR) is 66.0 cm³/mol. The monoisotopic (exact) mass is 231 g/mol. The molecule has 0 aliphatic heterocycles. The van der Waals surface area contributed by atoms with Crippen LogP contribution in [-0.4, -0.2) is 16.9 Å². The van der Waals surface area contributed by atoms with Crippen molar-refractivity contribution in [3.63, 3.8) is 0 Å². The fraction of sp³-hybridized carbons (Fsp3) is 0.385. The van der Waals surface area contributed by atoms with Crippen LogP contribution in [0, 0.1) is 5.92 Å². The number of nitrogens with zero attached hydrogens (tertiary/aromatic N) is 1. The van der Waals surface area contributed by atoms with E-state index in [9.17, 15) is 4.79 Å². The van der Waals surface area contributed by atoms with Gasteiger partial charge in [0.25, 0.3) is 0 Å². The smallest absolute Gasteiger partial charge is 0.227 e. The average molecular weight is 231 g/mol. The lowest BCUT2D eigenvalue weighted by molar-refractivity contribution is -0.124. The Morgan fingerprint density at radius 3 is 3.00 bits per heavy atom. The Morgan fingerprint density at radius 1 is 1.59 bits per heavy atom. The molecule has 0 spiro atoms. The Hall–Kier alpha value is -1.68. The summed E-state index contributed by atoms with van der Waals surface area (Å²) < 4.78 is 0. The van der Waals surface area contributed by atoms with Crippen LogP contribution in [0.2, 0.25) is 0 Å². The summed E-state index contributed by atoms with van der Waals surface area (Å²) >= 11 is 0. The summed E-state index contributed by atoms with van der Waals surface area (Å²) in [5.74, 6) is -0.0605. The van der Waals surface area contributed by atoms with Crippen LogP contribution in [0.3, 0.4) is 0 Å². The molecular formula is C13H17N3O. The Morgan fingerprint density at radius 2 is 2.41 bits per heavy atom. The van der Waals surface area contributed by atoms with Crippen molar-refractivity contribution in [3.8, 4) is 0 Å². The molecule has 17 heavy (non-hydrogen) atoms. The third-order valence-electron chi connectivity index (χ3n) is 3.00. The molecule has 90 valence electrons. The van der Waals surface area contributed by atoms with Gasteiger partial charge in [-0.2, -0.15) is 0 Å². The molecule has 3 N–H and O–H groups in total. The molecule has 1 amide bonds. The van der Waals surface area contributed by atoms with E-state index in [-0.39, 0.29) is 23.9 Å². The first-order chi connectivity index (χ1) is 8.16. The van der Waals surface area contributed by atoms with Gasteiger partial charge in [0, 0.05) is 18.4 Å². The minimum atomic E-state index is -0.0934. The number of aromatic nitrogens is 1. The van der Waals surface area contributed by atoms with E-state index in [1.54, 1.807) is 12.4 Å².